The highest BCUT2D eigenvalue weighted by atomic mass is 79.9. The molecule has 0 radical (unpaired) electrons. The van der Waals surface area contributed by atoms with E-state index in [1.807, 2.05) is 0 Å². The fourth-order valence-electron chi connectivity index (χ4n) is 2.24. The molecule has 0 bridgehead atoms. The lowest BCUT2D eigenvalue weighted by atomic mass is 9.88. The fourth-order valence-corrected chi connectivity index (χ4v) is 3.84. The minimum absolute atomic E-state index is 0.440. The lowest BCUT2D eigenvalue weighted by Crippen LogP contribution is -2.33. The molecule has 0 amide bonds. The van der Waals surface area contributed by atoms with Crippen molar-refractivity contribution in [2.75, 3.05) is 0 Å². The summed E-state index contributed by atoms with van der Waals surface area (Å²) in [6.07, 6.45) is 4.13. The first-order valence-electron chi connectivity index (χ1n) is 5.07. The van der Waals surface area contributed by atoms with Crippen molar-refractivity contribution >= 4 is 27.3 Å². The molecule has 1 aromatic rings. The quantitative estimate of drug-likeness (QED) is 0.874. The zero-order chi connectivity index (χ0) is 10.2. The topological polar surface area (TPSA) is 20.2 Å². The highest BCUT2D eigenvalue weighted by Crippen LogP contribution is 2.39. The molecule has 0 aromatic carbocycles. The maximum absolute atomic E-state index is 10.4. The summed E-state index contributed by atoms with van der Waals surface area (Å²) in [6.45, 7) is 2.16. The van der Waals surface area contributed by atoms with E-state index in [-0.39, 0.29) is 0 Å². The summed E-state index contributed by atoms with van der Waals surface area (Å²) in [4.78, 5) is 1.29. The number of halogens is 1. The van der Waals surface area contributed by atoms with E-state index in [0.29, 0.717) is 5.92 Å². The first-order chi connectivity index (χ1) is 6.60. The van der Waals surface area contributed by atoms with Crippen molar-refractivity contribution in [3.63, 3.8) is 0 Å². The van der Waals surface area contributed by atoms with Crippen LogP contribution in [0.3, 0.4) is 0 Å². The molecular formula is C11H15BrOS. The third-order valence-corrected chi connectivity index (χ3v) is 4.90. The van der Waals surface area contributed by atoms with Crippen LogP contribution in [0.1, 0.15) is 31.1 Å². The van der Waals surface area contributed by atoms with Crippen LogP contribution in [-0.4, -0.2) is 10.7 Å². The van der Waals surface area contributed by atoms with E-state index in [1.165, 1.54) is 17.7 Å². The number of aliphatic hydroxyl groups is 1. The second-order valence-electron chi connectivity index (χ2n) is 4.28. The predicted octanol–water partition coefficient (Wildman–Crippen LogP) is 3.60. The summed E-state index contributed by atoms with van der Waals surface area (Å²) >= 11 is 5.18. The van der Waals surface area contributed by atoms with Gasteiger partial charge in [-0.15, -0.1) is 11.3 Å². The summed E-state index contributed by atoms with van der Waals surface area (Å²) < 4.78 is 1.15. The molecule has 1 aliphatic carbocycles. The smallest absolute Gasteiger partial charge is 0.0721 e. The molecule has 1 fully saturated rings. The maximum atomic E-state index is 10.4. The maximum Gasteiger partial charge on any atom is 0.0721 e. The molecule has 1 nitrogen and oxygen atoms in total. The van der Waals surface area contributed by atoms with Gasteiger partial charge in [0.2, 0.25) is 0 Å². The van der Waals surface area contributed by atoms with Crippen LogP contribution in [0.15, 0.2) is 15.9 Å². The zero-order valence-electron chi connectivity index (χ0n) is 8.29. The molecule has 0 aliphatic heterocycles. The van der Waals surface area contributed by atoms with Crippen LogP contribution in [-0.2, 0) is 6.42 Å². The van der Waals surface area contributed by atoms with Crippen LogP contribution < -0.4 is 0 Å². The molecule has 1 saturated carbocycles. The molecule has 1 aliphatic rings. The van der Waals surface area contributed by atoms with Crippen molar-refractivity contribution in [3.05, 3.63) is 20.8 Å². The molecule has 2 atom stereocenters. The van der Waals surface area contributed by atoms with E-state index in [1.54, 1.807) is 11.3 Å². The second-order valence-corrected chi connectivity index (χ2v) is 6.83. The first-order valence-corrected chi connectivity index (χ1v) is 6.68. The van der Waals surface area contributed by atoms with Crippen molar-refractivity contribution in [2.45, 2.75) is 38.2 Å². The highest BCUT2D eigenvalue weighted by Gasteiger charge is 2.38. The van der Waals surface area contributed by atoms with Gasteiger partial charge < -0.3 is 5.11 Å². The number of hydrogen-bond acceptors (Lipinski definition) is 2. The summed E-state index contributed by atoms with van der Waals surface area (Å²) in [5, 5.41) is 10.4. The molecule has 14 heavy (non-hydrogen) atoms. The molecule has 78 valence electrons. The minimum atomic E-state index is -0.440. The van der Waals surface area contributed by atoms with E-state index in [9.17, 15) is 5.11 Å². The Kier molecular flexibility index (Phi) is 3.01. The monoisotopic (exact) mass is 274 g/mol. The molecule has 1 heterocycles. The number of rotatable bonds is 2. The third kappa shape index (κ3) is 2.05. The van der Waals surface area contributed by atoms with Gasteiger partial charge in [-0.3, -0.25) is 0 Å². The lowest BCUT2D eigenvalue weighted by molar-refractivity contribution is 0.0103. The Labute approximate surface area is 97.3 Å². The van der Waals surface area contributed by atoms with Crippen molar-refractivity contribution in [2.24, 2.45) is 5.92 Å². The number of thiophene rings is 1. The molecule has 2 rings (SSSR count). The van der Waals surface area contributed by atoms with E-state index in [2.05, 4.69) is 35.0 Å². The van der Waals surface area contributed by atoms with Gasteiger partial charge in [0.1, 0.15) is 0 Å². The molecule has 0 saturated heterocycles. The van der Waals surface area contributed by atoms with Crippen LogP contribution >= 0.6 is 27.3 Å². The molecule has 3 heteroatoms. The SMILES string of the molecule is CC1CCCC1(O)Cc1ccc(Br)s1. The average molecular weight is 275 g/mol. The van der Waals surface area contributed by atoms with Crippen LogP contribution in [0.2, 0.25) is 0 Å². The van der Waals surface area contributed by atoms with Crippen molar-refractivity contribution in [1.82, 2.24) is 0 Å². The van der Waals surface area contributed by atoms with Crippen LogP contribution in [0, 0.1) is 5.92 Å². The van der Waals surface area contributed by atoms with Crippen molar-refractivity contribution in [3.8, 4) is 0 Å². The molecule has 1 aromatic heterocycles. The number of hydrogen-bond donors (Lipinski definition) is 1. The normalized spacial score (nSPS) is 32.4. The van der Waals surface area contributed by atoms with Gasteiger partial charge in [0.15, 0.2) is 0 Å². The first kappa shape index (κ1) is 10.7. The Morgan fingerprint density at radius 2 is 2.43 bits per heavy atom. The van der Waals surface area contributed by atoms with E-state index < -0.39 is 5.60 Å². The molecule has 2 unspecified atom stereocenters. The Hall–Kier alpha value is 0.140. The van der Waals surface area contributed by atoms with E-state index >= 15 is 0 Å². The molecule has 0 spiro atoms. The largest absolute Gasteiger partial charge is 0.389 e. The summed E-state index contributed by atoms with van der Waals surface area (Å²) in [7, 11) is 0. The Morgan fingerprint density at radius 3 is 2.93 bits per heavy atom. The molecule has 1 N–H and O–H groups in total. The minimum Gasteiger partial charge on any atom is -0.389 e. The fraction of sp³-hybridized carbons (Fsp3) is 0.636. The van der Waals surface area contributed by atoms with Crippen molar-refractivity contribution in [1.29, 1.82) is 0 Å². The van der Waals surface area contributed by atoms with Gasteiger partial charge in [0.25, 0.3) is 0 Å². The third-order valence-electron chi connectivity index (χ3n) is 3.27. The predicted molar refractivity (Wildman–Crippen MR) is 63.7 cm³/mol. The van der Waals surface area contributed by atoms with E-state index in [4.69, 9.17) is 0 Å². The van der Waals surface area contributed by atoms with Gasteiger partial charge in [-0.2, -0.15) is 0 Å². The Balaban J connectivity index is 2.10. The van der Waals surface area contributed by atoms with Crippen LogP contribution in [0.4, 0.5) is 0 Å². The van der Waals surface area contributed by atoms with Gasteiger partial charge in [-0.25, -0.2) is 0 Å². The zero-order valence-corrected chi connectivity index (χ0v) is 10.7. The highest BCUT2D eigenvalue weighted by molar-refractivity contribution is 9.11. The lowest BCUT2D eigenvalue weighted by Gasteiger charge is -2.26. The van der Waals surface area contributed by atoms with Crippen molar-refractivity contribution < 1.29 is 5.11 Å². The van der Waals surface area contributed by atoms with Crippen LogP contribution in [0.5, 0.6) is 0 Å². The van der Waals surface area contributed by atoms with Gasteiger partial charge in [0.05, 0.1) is 9.39 Å². The van der Waals surface area contributed by atoms with Gasteiger partial charge in [-0.05, 0) is 46.8 Å². The standard InChI is InChI=1S/C11H15BrOS/c1-8-3-2-6-11(8,13)7-9-4-5-10(12)14-9/h4-5,8,13H,2-3,6-7H2,1H3. The van der Waals surface area contributed by atoms with Crippen LogP contribution in [0.25, 0.3) is 0 Å². The van der Waals surface area contributed by atoms with Gasteiger partial charge >= 0.3 is 0 Å². The van der Waals surface area contributed by atoms with Gasteiger partial charge in [-0.1, -0.05) is 13.3 Å². The summed E-state index contributed by atoms with van der Waals surface area (Å²) in [5.74, 6) is 0.448. The van der Waals surface area contributed by atoms with Gasteiger partial charge in [0, 0.05) is 11.3 Å². The summed E-state index contributed by atoms with van der Waals surface area (Å²) in [5.41, 5.74) is -0.440. The molecular weight excluding hydrogens is 260 g/mol. The average Bonchev–Trinajstić information content (AvgIpc) is 2.62. The Bertz CT molecular complexity index is 323. The van der Waals surface area contributed by atoms with E-state index in [0.717, 1.165) is 16.6 Å². The second kappa shape index (κ2) is 3.95. The summed E-state index contributed by atoms with van der Waals surface area (Å²) in [6, 6.07) is 4.17. The Morgan fingerprint density at radius 1 is 1.64 bits per heavy atom.